The number of benzene rings is 3. The van der Waals surface area contributed by atoms with Gasteiger partial charge in [0.15, 0.2) is 0 Å². The molecule has 3 aromatic carbocycles. The molecule has 0 radical (unpaired) electrons. The molecule has 172 valence electrons. The van der Waals surface area contributed by atoms with Gasteiger partial charge < -0.3 is 15.5 Å². The van der Waals surface area contributed by atoms with E-state index in [0.717, 1.165) is 11.3 Å². The number of amides is 3. The molecular weight excluding hydrogens is 459 g/mol. The van der Waals surface area contributed by atoms with Gasteiger partial charge in [-0.1, -0.05) is 23.2 Å². The quantitative estimate of drug-likeness (QED) is 0.422. The summed E-state index contributed by atoms with van der Waals surface area (Å²) in [4.78, 5) is 29.5. The number of carbonyl (C=O) groups is 2. The lowest BCUT2D eigenvalue weighted by atomic mass is 10.1. The number of urea groups is 1. The third-order valence-corrected chi connectivity index (χ3v) is 5.47. The second kappa shape index (κ2) is 11.2. The average Bonchev–Trinajstić information content (AvgIpc) is 2.77. The van der Waals surface area contributed by atoms with E-state index in [1.807, 2.05) is 25.9 Å². The zero-order valence-electron chi connectivity index (χ0n) is 18.7. The van der Waals surface area contributed by atoms with E-state index in [-0.39, 0.29) is 11.9 Å². The summed E-state index contributed by atoms with van der Waals surface area (Å²) in [5.41, 5.74) is 3.34. The largest absolute Gasteiger partial charge is 0.326 e. The van der Waals surface area contributed by atoms with Gasteiger partial charge in [0.2, 0.25) is 0 Å². The zero-order chi connectivity index (χ0) is 24.0. The molecule has 0 bridgehead atoms. The van der Waals surface area contributed by atoms with Gasteiger partial charge in [0, 0.05) is 45.8 Å². The molecule has 3 amide bonds. The highest BCUT2D eigenvalue weighted by Gasteiger charge is 2.19. The van der Waals surface area contributed by atoms with Crippen molar-refractivity contribution < 1.29 is 9.59 Å². The zero-order valence-corrected chi connectivity index (χ0v) is 20.2. The first-order valence-electron chi connectivity index (χ1n) is 10.4. The Morgan fingerprint density at radius 2 is 1.33 bits per heavy atom. The predicted molar refractivity (Wildman–Crippen MR) is 137 cm³/mol. The second-order valence-electron chi connectivity index (χ2n) is 7.85. The van der Waals surface area contributed by atoms with E-state index in [1.165, 1.54) is 0 Å². The SMILES string of the molecule is Cc1cc(C(=O)Nc2ccc(Cl)cc2)ccc1N(CCN(C)C)C(=O)Nc1ccc(Cl)cc1. The lowest BCUT2D eigenvalue weighted by molar-refractivity contribution is 0.102. The Morgan fingerprint density at radius 3 is 1.85 bits per heavy atom. The van der Waals surface area contributed by atoms with Crippen LogP contribution in [-0.4, -0.2) is 44.0 Å². The molecule has 0 heterocycles. The molecule has 3 rings (SSSR count). The summed E-state index contributed by atoms with van der Waals surface area (Å²) in [5, 5.41) is 6.96. The number of hydrogen-bond acceptors (Lipinski definition) is 3. The first-order chi connectivity index (χ1) is 15.7. The van der Waals surface area contributed by atoms with Gasteiger partial charge in [0.05, 0.1) is 0 Å². The third-order valence-electron chi connectivity index (χ3n) is 4.96. The van der Waals surface area contributed by atoms with Crippen LogP contribution in [0, 0.1) is 6.92 Å². The topological polar surface area (TPSA) is 64.7 Å². The third kappa shape index (κ3) is 6.96. The summed E-state index contributed by atoms with van der Waals surface area (Å²) in [7, 11) is 3.90. The lowest BCUT2D eigenvalue weighted by Crippen LogP contribution is -2.40. The minimum Gasteiger partial charge on any atom is -0.322 e. The van der Waals surface area contributed by atoms with Gasteiger partial charge in [-0.05, 0) is 93.3 Å². The van der Waals surface area contributed by atoms with Gasteiger partial charge in [0.1, 0.15) is 0 Å². The Bertz CT molecular complexity index is 1120. The van der Waals surface area contributed by atoms with Gasteiger partial charge in [-0.3, -0.25) is 9.69 Å². The van der Waals surface area contributed by atoms with Crippen molar-refractivity contribution in [3.63, 3.8) is 0 Å². The van der Waals surface area contributed by atoms with E-state index in [2.05, 4.69) is 10.6 Å². The standard InChI is InChI=1S/C25H26Cl2N4O2/c1-17-16-18(24(32)28-21-9-5-19(26)6-10-21)4-13-23(17)31(15-14-30(2)3)25(33)29-22-11-7-20(27)8-12-22/h4-13,16H,14-15H2,1-3H3,(H,28,32)(H,29,33). The molecule has 33 heavy (non-hydrogen) atoms. The first kappa shape index (κ1) is 24.6. The van der Waals surface area contributed by atoms with Crippen molar-refractivity contribution in [2.45, 2.75) is 6.92 Å². The van der Waals surface area contributed by atoms with Crippen molar-refractivity contribution in [3.8, 4) is 0 Å². The average molecular weight is 485 g/mol. The van der Waals surface area contributed by atoms with Gasteiger partial charge in [-0.2, -0.15) is 0 Å². The number of nitrogens with one attached hydrogen (secondary N) is 2. The molecule has 2 N–H and O–H groups in total. The van der Waals surface area contributed by atoms with Crippen LogP contribution in [-0.2, 0) is 0 Å². The van der Waals surface area contributed by atoms with Crippen LogP contribution in [0.3, 0.4) is 0 Å². The molecule has 0 aliphatic carbocycles. The molecule has 0 aromatic heterocycles. The molecule has 0 aliphatic rings. The minimum atomic E-state index is -0.263. The van der Waals surface area contributed by atoms with E-state index in [0.29, 0.717) is 40.1 Å². The maximum Gasteiger partial charge on any atom is 0.326 e. The van der Waals surface area contributed by atoms with E-state index in [9.17, 15) is 9.59 Å². The molecule has 0 unspecified atom stereocenters. The van der Waals surface area contributed by atoms with Crippen LogP contribution in [0.2, 0.25) is 10.0 Å². The fourth-order valence-electron chi connectivity index (χ4n) is 3.19. The number of hydrogen-bond donors (Lipinski definition) is 2. The van der Waals surface area contributed by atoms with Crippen molar-refractivity contribution in [1.82, 2.24) is 4.90 Å². The molecule has 6 nitrogen and oxygen atoms in total. The van der Waals surface area contributed by atoms with Gasteiger partial charge in [0.25, 0.3) is 5.91 Å². The van der Waals surface area contributed by atoms with Gasteiger partial charge in [-0.15, -0.1) is 0 Å². The smallest absolute Gasteiger partial charge is 0.322 e. The molecule has 0 aliphatic heterocycles. The van der Waals surface area contributed by atoms with Crippen LogP contribution in [0.25, 0.3) is 0 Å². The van der Waals surface area contributed by atoms with Crippen LogP contribution in [0.4, 0.5) is 21.9 Å². The van der Waals surface area contributed by atoms with Crippen molar-refractivity contribution in [2.75, 3.05) is 42.7 Å². The van der Waals surface area contributed by atoms with Gasteiger partial charge in [-0.25, -0.2) is 4.79 Å². The number of halogens is 2. The summed E-state index contributed by atoms with van der Waals surface area (Å²) < 4.78 is 0. The number of carbonyl (C=O) groups excluding carboxylic acids is 2. The lowest BCUT2D eigenvalue weighted by Gasteiger charge is -2.26. The van der Waals surface area contributed by atoms with Crippen LogP contribution < -0.4 is 15.5 Å². The Labute approximate surface area is 204 Å². The summed E-state index contributed by atoms with van der Waals surface area (Å²) >= 11 is 11.8. The Balaban J connectivity index is 1.80. The van der Waals surface area contributed by atoms with Crippen LogP contribution >= 0.6 is 23.2 Å². The number of nitrogens with zero attached hydrogens (tertiary/aromatic N) is 2. The van der Waals surface area contributed by atoms with Crippen LogP contribution in [0.15, 0.2) is 66.7 Å². The van der Waals surface area contributed by atoms with Gasteiger partial charge >= 0.3 is 6.03 Å². The molecule has 8 heteroatoms. The Morgan fingerprint density at radius 1 is 0.788 bits per heavy atom. The fraction of sp³-hybridized carbons (Fsp3) is 0.200. The van der Waals surface area contributed by atoms with Crippen LogP contribution in [0.1, 0.15) is 15.9 Å². The van der Waals surface area contributed by atoms with Crippen molar-refractivity contribution in [1.29, 1.82) is 0 Å². The molecule has 0 saturated carbocycles. The van der Waals surface area contributed by atoms with E-state index < -0.39 is 0 Å². The Hall–Kier alpha value is -3.06. The number of aryl methyl sites for hydroxylation is 1. The normalized spacial score (nSPS) is 10.7. The highest BCUT2D eigenvalue weighted by Crippen LogP contribution is 2.24. The number of anilines is 3. The summed E-state index contributed by atoms with van der Waals surface area (Å²) in [6.07, 6.45) is 0. The maximum absolute atomic E-state index is 13.1. The highest BCUT2D eigenvalue weighted by atomic mass is 35.5. The van der Waals surface area contributed by atoms with E-state index in [1.54, 1.807) is 71.6 Å². The summed E-state index contributed by atoms with van der Waals surface area (Å²) in [6.45, 7) is 3.03. The highest BCUT2D eigenvalue weighted by molar-refractivity contribution is 6.31. The first-order valence-corrected chi connectivity index (χ1v) is 11.1. The predicted octanol–water partition coefficient (Wildman–Crippen LogP) is 6.15. The monoisotopic (exact) mass is 484 g/mol. The molecule has 0 saturated heterocycles. The maximum atomic E-state index is 13.1. The Kier molecular flexibility index (Phi) is 8.33. The fourth-order valence-corrected chi connectivity index (χ4v) is 3.44. The summed E-state index contributed by atoms with van der Waals surface area (Å²) in [5.74, 6) is -0.238. The summed E-state index contributed by atoms with van der Waals surface area (Å²) in [6, 6.07) is 18.9. The molecule has 0 atom stereocenters. The van der Waals surface area contributed by atoms with Crippen molar-refractivity contribution in [3.05, 3.63) is 87.9 Å². The minimum absolute atomic E-state index is 0.238. The second-order valence-corrected chi connectivity index (χ2v) is 8.73. The van der Waals surface area contributed by atoms with E-state index >= 15 is 0 Å². The van der Waals surface area contributed by atoms with Crippen molar-refractivity contribution in [2.24, 2.45) is 0 Å². The van der Waals surface area contributed by atoms with E-state index in [4.69, 9.17) is 23.2 Å². The molecule has 0 spiro atoms. The molecule has 0 fully saturated rings. The number of rotatable bonds is 7. The number of likely N-dealkylation sites (N-methyl/N-ethyl adjacent to an activating group) is 1. The van der Waals surface area contributed by atoms with Crippen LogP contribution in [0.5, 0.6) is 0 Å². The molecule has 3 aromatic rings. The van der Waals surface area contributed by atoms with Crippen molar-refractivity contribution >= 4 is 52.2 Å². The molecular formula is C25H26Cl2N4O2.